The van der Waals surface area contributed by atoms with E-state index in [-0.39, 0.29) is 23.5 Å². The maximum atomic E-state index is 14.0. The number of rotatable bonds is 6. The number of hydrogen-bond acceptors (Lipinski definition) is 6. The van der Waals surface area contributed by atoms with Gasteiger partial charge in [0.25, 0.3) is 5.91 Å². The number of nitrogens with zero attached hydrogens (tertiary/aromatic N) is 1. The fourth-order valence-electron chi connectivity index (χ4n) is 4.47. The van der Waals surface area contributed by atoms with Crippen molar-refractivity contribution in [2.75, 3.05) is 10.2 Å². The van der Waals surface area contributed by atoms with Gasteiger partial charge in [-0.15, -0.1) is 0 Å². The molecule has 36 heavy (non-hydrogen) atoms. The lowest BCUT2D eigenvalue weighted by Crippen LogP contribution is -2.66. The van der Waals surface area contributed by atoms with E-state index in [1.54, 1.807) is 48.5 Å². The van der Waals surface area contributed by atoms with Crippen molar-refractivity contribution in [1.29, 1.82) is 0 Å². The van der Waals surface area contributed by atoms with Gasteiger partial charge in [0.2, 0.25) is 5.91 Å². The predicted molar refractivity (Wildman–Crippen MR) is 135 cm³/mol. The van der Waals surface area contributed by atoms with Crippen molar-refractivity contribution in [2.24, 2.45) is 11.7 Å². The minimum Gasteiger partial charge on any atom is -0.454 e. The van der Waals surface area contributed by atoms with Crippen LogP contribution in [-0.4, -0.2) is 24.0 Å². The van der Waals surface area contributed by atoms with E-state index in [2.05, 4.69) is 22.7 Å². The van der Waals surface area contributed by atoms with E-state index in [4.69, 9.17) is 10.5 Å². The molecule has 182 valence electrons. The number of carbonyl (C=O) groups is 2. The molecule has 0 bridgehead atoms. The van der Waals surface area contributed by atoms with Crippen molar-refractivity contribution in [2.45, 2.75) is 12.2 Å². The zero-order valence-corrected chi connectivity index (χ0v) is 19.1. The normalized spacial score (nSPS) is 20.7. The number of fused-ring (bicyclic) bond motifs is 1. The Morgan fingerprint density at radius 1 is 1.11 bits per heavy atom. The Morgan fingerprint density at radius 2 is 1.89 bits per heavy atom. The minimum absolute atomic E-state index is 0.134. The monoisotopic (exact) mass is 485 g/mol. The molecule has 3 aromatic rings. The molecule has 2 heterocycles. The van der Waals surface area contributed by atoms with Crippen molar-refractivity contribution < 1.29 is 18.7 Å². The van der Waals surface area contributed by atoms with Crippen molar-refractivity contribution in [3.05, 3.63) is 103 Å². The summed E-state index contributed by atoms with van der Waals surface area (Å²) in [5, 5.41) is 2.74. The highest BCUT2D eigenvalue weighted by molar-refractivity contribution is 5.99. The number of ether oxygens (including phenoxy) is 1. The molecule has 0 aliphatic carbocycles. The predicted octanol–water partition coefficient (Wildman–Crippen LogP) is 3.51. The van der Waals surface area contributed by atoms with E-state index >= 15 is 0 Å². The number of para-hydroxylation sites is 1. The lowest BCUT2D eigenvalue weighted by Gasteiger charge is -2.37. The van der Waals surface area contributed by atoms with Gasteiger partial charge < -0.3 is 20.7 Å². The van der Waals surface area contributed by atoms with Gasteiger partial charge in [0, 0.05) is 23.5 Å². The highest BCUT2D eigenvalue weighted by Gasteiger charge is 2.47. The zero-order chi connectivity index (χ0) is 25.2. The van der Waals surface area contributed by atoms with Gasteiger partial charge in [-0.2, -0.15) is 0 Å². The molecule has 2 amide bonds. The molecule has 9 heteroatoms. The van der Waals surface area contributed by atoms with Gasteiger partial charge in [0.1, 0.15) is 11.8 Å². The minimum atomic E-state index is -0.601. The van der Waals surface area contributed by atoms with E-state index in [0.717, 1.165) is 11.1 Å². The molecule has 1 saturated heterocycles. The Balaban J connectivity index is 1.47. The molecular weight excluding hydrogens is 461 g/mol. The van der Waals surface area contributed by atoms with Crippen molar-refractivity contribution in [3.8, 4) is 11.5 Å². The number of nitrogens with one attached hydrogen (secondary N) is 3. The quantitative estimate of drug-likeness (QED) is 0.398. The average molecular weight is 486 g/mol. The van der Waals surface area contributed by atoms with Crippen LogP contribution in [0.4, 0.5) is 15.8 Å². The molecule has 5 rings (SSSR count). The summed E-state index contributed by atoms with van der Waals surface area (Å²) in [6, 6.07) is 20.0. The van der Waals surface area contributed by atoms with Crippen LogP contribution >= 0.6 is 0 Å². The maximum absolute atomic E-state index is 14.0. The standard InChI is InChI=1S/C27H24FN5O3/c1-2-23(34)30-17-6-5-7-18(14-17)33-15-20(24-25(33)27(35)32-31-26(24)29)16-10-12-19(13-11-16)36-22-9-4-3-8-21(22)28/h2-15,24-26,31H,1,29H2,(H,30,34)(H,32,35). The Hall–Kier alpha value is -4.47. The second kappa shape index (κ2) is 9.65. The molecule has 2 aliphatic heterocycles. The third kappa shape index (κ3) is 4.45. The number of amides is 2. The van der Waals surface area contributed by atoms with Crippen LogP contribution in [0.25, 0.3) is 5.57 Å². The van der Waals surface area contributed by atoms with E-state index in [1.807, 2.05) is 29.3 Å². The molecular formula is C27H24FN5O3. The molecule has 0 aromatic heterocycles. The molecule has 1 fully saturated rings. The summed E-state index contributed by atoms with van der Waals surface area (Å²) < 4.78 is 19.6. The van der Waals surface area contributed by atoms with Gasteiger partial charge in [-0.25, -0.2) is 9.82 Å². The number of halogens is 1. The van der Waals surface area contributed by atoms with Crippen LogP contribution < -0.4 is 31.5 Å². The number of anilines is 2. The summed E-state index contributed by atoms with van der Waals surface area (Å²) in [5.74, 6) is -0.755. The van der Waals surface area contributed by atoms with Gasteiger partial charge in [-0.1, -0.05) is 36.9 Å². The maximum Gasteiger partial charge on any atom is 0.257 e. The van der Waals surface area contributed by atoms with Crippen molar-refractivity contribution >= 4 is 28.8 Å². The first-order chi connectivity index (χ1) is 17.4. The number of hydrazine groups is 1. The van der Waals surface area contributed by atoms with E-state index in [9.17, 15) is 14.0 Å². The summed E-state index contributed by atoms with van der Waals surface area (Å²) in [5.41, 5.74) is 14.9. The smallest absolute Gasteiger partial charge is 0.257 e. The average Bonchev–Trinajstić information content (AvgIpc) is 3.30. The van der Waals surface area contributed by atoms with E-state index in [1.165, 1.54) is 12.1 Å². The molecule has 0 saturated carbocycles. The highest BCUT2D eigenvalue weighted by Crippen LogP contribution is 2.41. The molecule has 8 nitrogen and oxygen atoms in total. The van der Waals surface area contributed by atoms with Gasteiger partial charge in [0.05, 0.1) is 6.17 Å². The Morgan fingerprint density at radius 3 is 2.64 bits per heavy atom. The number of carbonyl (C=O) groups excluding carboxylic acids is 2. The van der Waals surface area contributed by atoms with Crippen LogP contribution in [-0.2, 0) is 9.59 Å². The van der Waals surface area contributed by atoms with Gasteiger partial charge in [-0.3, -0.25) is 15.0 Å². The lowest BCUT2D eigenvalue weighted by molar-refractivity contribution is -0.126. The molecule has 3 unspecified atom stereocenters. The third-order valence-corrected chi connectivity index (χ3v) is 6.14. The fraction of sp³-hybridized carbons (Fsp3) is 0.111. The van der Waals surface area contributed by atoms with Crippen LogP contribution in [0.1, 0.15) is 5.56 Å². The molecule has 0 radical (unpaired) electrons. The topological polar surface area (TPSA) is 109 Å². The second-order valence-electron chi connectivity index (χ2n) is 8.42. The summed E-state index contributed by atoms with van der Waals surface area (Å²) in [6.07, 6.45) is 2.54. The Labute approximate surface area is 207 Å². The summed E-state index contributed by atoms with van der Waals surface area (Å²) >= 11 is 0. The number of hydrogen-bond donors (Lipinski definition) is 4. The molecule has 0 spiro atoms. The molecule has 3 atom stereocenters. The fourth-order valence-corrected chi connectivity index (χ4v) is 4.47. The Bertz CT molecular complexity index is 1360. The second-order valence-corrected chi connectivity index (χ2v) is 8.42. The largest absolute Gasteiger partial charge is 0.454 e. The van der Waals surface area contributed by atoms with Crippen LogP contribution in [0.2, 0.25) is 0 Å². The SMILES string of the molecule is C=CC(=O)Nc1cccc(N2C=C(c3ccc(Oc4ccccc4F)cc3)C3C(N)NNC(=O)C32)c1. The van der Waals surface area contributed by atoms with Crippen LogP contribution in [0.5, 0.6) is 11.5 Å². The van der Waals surface area contributed by atoms with Gasteiger partial charge >= 0.3 is 0 Å². The first kappa shape index (κ1) is 23.3. The van der Waals surface area contributed by atoms with Gasteiger partial charge in [0.15, 0.2) is 11.6 Å². The summed E-state index contributed by atoms with van der Waals surface area (Å²) in [7, 11) is 0. The van der Waals surface area contributed by atoms with Crippen molar-refractivity contribution in [3.63, 3.8) is 0 Å². The molecule has 3 aromatic carbocycles. The highest BCUT2D eigenvalue weighted by atomic mass is 19.1. The Kier molecular flexibility index (Phi) is 6.24. The first-order valence-electron chi connectivity index (χ1n) is 11.3. The zero-order valence-electron chi connectivity index (χ0n) is 19.1. The van der Waals surface area contributed by atoms with E-state index < -0.39 is 18.0 Å². The van der Waals surface area contributed by atoms with Crippen LogP contribution in [0, 0.1) is 11.7 Å². The third-order valence-electron chi connectivity index (χ3n) is 6.14. The number of benzene rings is 3. The van der Waals surface area contributed by atoms with Crippen molar-refractivity contribution in [1.82, 2.24) is 10.9 Å². The molecule has 5 N–H and O–H groups in total. The summed E-state index contributed by atoms with van der Waals surface area (Å²) in [4.78, 5) is 26.5. The van der Waals surface area contributed by atoms with Crippen LogP contribution in [0.15, 0.2) is 91.7 Å². The van der Waals surface area contributed by atoms with E-state index in [0.29, 0.717) is 17.1 Å². The van der Waals surface area contributed by atoms with Crippen LogP contribution in [0.3, 0.4) is 0 Å². The molecule has 2 aliphatic rings. The van der Waals surface area contributed by atoms with Gasteiger partial charge in [-0.05, 0) is 59.7 Å². The number of nitrogens with two attached hydrogens (primary N) is 1. The summed E-state index contributed by atoms with van der Waals surface area (Å²) in [6.45, 7) is 3.47. The first-order valence-corrected chi connectivity index (χ1v) is 11.3. The lowest BCUT2D eigenvalue weighted by atomic mass is 9.86.